The molecule has 3 aromatic rings. The fraction of sp³-hybridized carbons (Fsp3) is 0.211. The second kappa shape index (κ2) is 7.24. The second-order valence-electron chi connectivity index (χ2n) is 6.82. The molecule has 1 saturated carbocycles. The van der Waals surface area contributed by atoms with Crippen LogP contribution in [0, 0.1) is 0 Å². The van der Waals surface area contributed by atoms with Crippen molar-refractivity contribution in [3.8, 4) is 11.4 Å². The molecule has 2 N–H and O–H groups in total. The lowest BCUT2D eigenvalue weighted by atomic mass is 10.1. The van der Waals surface area contributed by atoms with Gasteiger partial charge in [-0.25, -0.2) is 13.4 Å². The number of benzene rings is 2. The van der Waals surface area contributed by atoms with Crippen LogP contribution >= 0.6 is 0 Å². The summed E-state index contributed by atoms with van der Waals surface area (Å²) in [4.78, 5) is 15.8. The molecule has 1 aliphatic carbocycles. The van der Waals surface area contributed by atoms with E-state index in [4.69, 9.17) is 0 Å². The minimum absolute atomic E-state index is 0.0169. The number of rotatable bonds is 5. The van der Waals surface area contributed by atoms with E-state index in [1.165, 1.54) is 0 Å². The molecule has 4 rings (SSSR count). The largest absolute Gasteiger partial charge is 0.501 e. The van der Waals surface area contributed by atoms with Crippen molar-refractivity contribution in [3.63, 3.8) is 0 Å². The van der Waals surface area contributed by atoms with Crippen molar-refractivity contribution < 1.29 is 26.4 Å². The third-order valence-corrected chi connectivity index (χ3v) is 6.10. The van der Waals surface area contributed by atoms with Gasteiger partial charge in [-0.15, -0.1) is 0 Å². The van der Waals surface area contributed by atoms with Gasteiger partial charge < -0.3 is 5.32 Å². The fourth-order valence-corrected chi connectivity index (χ4v) is 3.53. The number of carbonyl (C=O) groups excluding carboxylic acids is 1. The number of aromatic nitrogens is 3. The summed E-state index contributed by atoms with van der Waals surface area (Å²) in [7, 11) is -5.45. The highest BCUT2D eigenvalue weighted by molar-refractivity contribution is 7.92. The average molecular weight is 436 g/mol. The summed E-state index contributed by atoms with van der Waals surface area (Å²) in [6, 6.07) is 10.3. The minimum Gasteiger partial charge on any atom is -0.322 e. The van der Waals surface area contributed by atoms with E-state index in [1.54, 1.807) is 24.3 Å². The molecule has 30 heavy (non-hydrogen) atoms. The Balaban J connectivity index is 1.44. The molecule has 0 radical (unpaired) electrons. The number of anilines is 1. The Hall–Kier alpha value is -3.21. The molecule has 0 unspecified atom stereocenters. The summed E-state index contributed by atoms with van der Waals surface area (Å²) in [5.74, 6) is 1.27. The smallest absolute Gasteiger partial charge is 0.322 e. The highest BCUT2D eigenvalue weighted by Gasteiger charge is 2.46. The van der Waals surface area contributed by atoms with Crippen LogP contribution in [0.4, 0.5) is 18.9 Å². The van der Waals surface area contributed by atoms with E-state index in [1.807, 2.05) is 0 Å². The Morgan fingerprint density at radius 3 is 2.23 bits per heavy atom. The second-order valence-corrected chi connectivity index (χ2v) is 8.76. The van der Waals surface area contributed by atoms with Crippen molar-refractivity contribution in [1.82, 2.24) is 15.2 Å². The molecule has 1 aliphatic rings. The third-order valence-electron chi connectivity index (χ3n) is 4.60. The van der Waals surface area contributed by atoms with Gasteiger partial charge in [0, 0.05) is 22.7 Å². The maximum absolute atomic E-state index is 12.6. The topological polar surface area (TPSA) is 105 Å². The van der Waals surface area contributed by atoms with Gasteiger partial charge in [0.25, 0.3) is 15.7 Å². The lowest BCUT2D eigenvalue weighted by molar-refractivity contribution is -0.0436. The summed E-state index contributed by atoms with van der Waals surface area (Å²) in [5.41, 5.74) is -4.17. The highest BCUT2D eigenvalue weighted by atomic mass is 32.2. The number of carbonyl (C=O) groups is 1. The number of amides is 1. The number of hydrogen-bond donors (Lipinski definition) is 2. The molecule has 0 atom stereocenters. The van der Waals surface area contributed by atoms with E-state index in [2.05, 4.69) is 20.5 Å². The summed E-state index contributed by atoms with van der Waals surface area (Å²) >= 11 is 0. The molecule has 0 aliphatic heterocycles. The summed E-state index contributed by atoms with van der Waals surface area (Å²) in [5, 5.41) is 9.69. The van der Waals surface area contributed by atoms with Crippen molar-refractivity contribution in [3.05, 3.63) is 59.9 Å². The van der Waals surface area contributed by atoms with Crippen LogP contribution in [-0.4, -0.2) is 35.0 Å². The van der Waals surface area contributed by atoms with Crippen LogP contribution in [0.5, 0.6) is 0 Å². The van der Waals surface area contributed by atoms with Crippen LogP contribution in [0.2, 0.25) is 0 Å². The van der Waals surface area contributed by atoms with E-state index >= 15 is 0 Å². The third kappa shape index (κ3) is 3.92. The average Bonchev–Trinajstić information content (AvgIpc) is 3.45. The number of nitrogens with one attached hydrogen (secondary N) is 2. The van der Waals surface area contributed by atoms with Crippen molar-refractivity contribution >= 4 is 21.4 Å². The molecule has 1 amide bonds. The number of alkyl halides is 3. The fourth-order valence-electron chi connectivity index (χ4n) is 2.77. The van der Waals surface area contributed by atoms with Gasteiger partial charge in [-0.3, -0.25) is 9.89 Å². The van der Waals surface area contributed by atoms with Crippen molar-refractivity contribution in [2.45, 2.75) is 29.2 Å². The van der Waals surface area contributed by atoms with Crippen LogP contribution in [0.3, 0.4) is 0 Å². The van der Waals surface area contributed by atoms with E-state index in [-0.39, 0.29) is 5.56 Å². The van der Waals surface area contributed by atoms with E-state index in [0.717, 1.165) is 48.5 Å². The zero-order chi connectivity index (χ0) is 21.5. The molecule has 2 aromatic carbocycles. The first-order chi connectivity index (χ1) is 14.1. The normalized spacial score (nSPS) is 14.5. The number of hydrogen-bond acceptors (Lipinski definition) is 5. The molecule has 1 heterocycles. The lowest BCUT2D eigenvalue weighted by Crippen LogP contribution is -2.23. The Morgan fingerprint density at radius 1 is 1.03 bits per heavy atom. The molecular formula is C19H15F3N4O3S. The van der Waals surface area contributed by atoms with Crippen LogP contribution < -0.4 is 5.32 Å². The van der Waals surface area contributed by atoms with Crippen LogP contribution in [0.15, 0.2) is 53.4 Å². The van der Waals surface area contributed by atoms with Crippen LogP contribution in [0.25, 0.3) is 11.4 Å². The summed E-state index contributed by atoms with van der Waals surface area (Å²) < 4.78 is 60.5. The molecule has 7 nitrogen and oxygen atoms in total. The predicted octanol–water partition coefficient (Wildman–Crippen LogP) is 3.89. The van der Waals surface area contributed by atoms with Gasteiger partial charge in [0.15, 0.2) is 5.82 Å². The zero-order valence-corrected chi connectivity index (χ0v) is 16.1. The van der Waals surface area contributed by atoms with E-state index < -0.39 is 26.1 Å². The van der Waals surface area contributed by atoms with Gasteiger partial charge >= 0.3 is 5.51 Å². The predicted molar refractivity (Wildman–Crippen MR) is 101 cm³/mol. The molecule has 1 aromatic heterocycles. The Kier molecular flexibility index (Phi) is 4.85. The first kappa shape index (κ1) is 20.1. The number of halogens is 3. The molecule has 11 heteroatoms. The number of H-pyrrole nitrogens is 1. The van der Waals surface area contributed by atoms with Gasteiger partial charge in [0.05, 0.1) is 4.90 Å². The Morgan fingerprint density at radius 2 is 1.67 bits per heavy atom. The van der Waals surface area contributed by atoms with Gasteiger partial charge in [0.1, 0.15) is 5.82 Å². The SMILES string of the molecule is O=C(Nc1ccc(-c2n[nH]c(C3CC3)n2)cc1)c1ccc(S(=O)(=O)C(F)(F)F)cc1. The summed E-state index contributed by atoms with van der Waals surface area (Å²) in [6.45, 7) is 0. The van der Waals surface area contributed by atoms with Gasteiger partial charge in [-0.2, -0.15) is 18.3 Å². The van der Waals surface area contributed by atoms with Crippen molar-refractivity contribution in [2.75, 3.05) is 5.32 Å². The maximum atomic E-state index is 12.6. The van der Waals surface area contributed by atoms with Gasteiger partial charge in [-0.1, -0.05) is 0 Å². The van der Waals surface area contributed by atoms with Crippen LogP contribution in [-0.2, 0) is 9.84 Å². The maximum Gasteiger partial charge on any atom is 0.501 e. The first-order valence-corrected chi connectivity index (χ1v) is 10.4. The monoisotopic (exact) mass is 436 g/mol. The molecule has 1 fully saturated rings. The quantitative estimate of drug-likeness (QED) is 0.631. The zero-order valence-electron chi connectivity index (χ0n) is 15.3. The molecule has 0 bridgehead atoms. The molecule has 156 valence electrons. The standard InChI is InChI=1S/C19H15F3N4O3S/c20-19(21,22)30(28,29)15-9-5-13(6-10-15)18(27)23-14-7-3-12(4-8-14)17-24-16(25-26-17)11-1-2-11/h3-11H,1-2H2,(H,23,27)(H,24,25,26). The number of aromatic amines is 1. The number of nitrogens with zero attached hydrogens (tertiary/aromatic N) is 2. The van der Waals surface area contributed by atoms with Crippen molar-refractivity contribution in [1.29, 1.82) is 0 Å². The summed E-state index contributed by atoms with van der Waals surface area (Å²) in [6.07, 6.45) is 2.20. The lowest BCUT2D eigenvalue weighted by Gasteiger charge is -2.09. The minimum atomic E-state index is -5.45. The van der Waals surface area contributed by atoms with E-state index in [9.17, 15) is 26.4 Å². The highest BCUT2D eigenvalue weighted by Crippen LogP contribution is 2.38. The first-order valence-electron chi connectivity index (χ1n) is 8.90. The van der Waals surface area contributed by atoms with Gasteiger partial charge in [-0.05, 0) is 61.4 Å². The molecule has 0 spiro atoms. The van der Waals surface area contributed by atoms with Gasteiger partial charge in [0.2, 0.25) is 0 Å². The number of sulfone groups is 1. The molecular weight excluding hydrogens is 421 g/mol. The Labute approximate surface area is 169 Å². The van der Waals surface area contributed by atoms with Crippen LogP contribution in [0.1, 0.15) is 34.9 Å². The Bertz CT molecular complexity index is 1180. The molecule has 0 saturated heterocycles. The van der Waals surface area contributed by atoms with E-state index in [0.29, 0.717) is 17.4 Å². The van der Waals surface area contributed by atoms with Crippen molar-refractivity contribution in [2.24, 2.45) is 0 Å².